The standard InChI is InChI=1S/C4H6O3.CH2O2/c1-3-2-6-4(5)7-3;2-1-3/h3H,2H2,1H3;1H,(H,2,3). The van der Waals surface area contributed by atoms with Gasteiger partial charge >= 0.3 is 6.16 Å². The second-order valence-electron chi connectivity index (χ2n) is 1.59. The molecule has 0 saturated carbocycles. The van der Waals surface area contributed by atoms with E-state index in [9.17, 15) is 4.79 Å². The van der Waals surface area contributed by atoms with Crippen molar-refractivity contribution in [1.29, 1.82) is 0 Å². The molecule has 0 amide bonds. The van der Waals surface area contributed by atoms with E-state index in [1.807, 2.05) is 0 Å². The minimum Gasteiger partial charge on any atom is -0.483 e. The molecule has 0 aromatic carbocycles. The van der Waals surface area contributed by atoms with Crippen molar-refractivity contribution in [1.82, 2.24) is 0 Å². The molecule has 0 spiro atoms. The van der Waals surface area contributed by atoms with E-state index in [-0.39, 0.29) is 12.6 Å². The van der Waals surface area contributed by atoms with Crippen LogP contribution in [0.3, 0.4) is 0 Å². The number of carbonyl (C=O) groups excluding carboxylic acids is 1. The van der Waals surface area contributed by atoms with Crippen LogP contribution in [0.1, 0.15) is 6.92 Å². The largest absolute Gasteiger partial charge is 0.508 e. The fourth-order valence-corrected chi connectivity index (χ4v) is 0.418. The molecule has 1 aliphatic rings. The number of hydrogen-bond donors (Lipinski definition) is 1. The van der Waals surface area contributed by atoms with E-state index < -0.39 is 6.16 Å². The van der Waals surface area contributed by atoms with Gasteiger partial charge in [-0.3, -0.25) is 4.79 Å². The lowest BCUT2D eigenvalue weighted by Crippen LogP contribution is -2.01. The summed E-state index contributed by atoms with van der Waals surface area (Å²) in [7, 11) is 0. The minimum atomic E-state index is -0.549. The highest BCUT2D eigenvalue weighted by atomic mass is 16.8. The normalized spacial score (nSPS) is 21.7. The third-order valence-corrected chi connectivity index (χ3v) is 0.733. The van der Waals surface area contributed by atoms with Crippen molar-refractivity contribution in [3.05, 3.63) is 0 Å². The molecule has 1 rings (SSSR count). The lowest BCUT2D eigenvalue weighted by Gasteiger charge is -1.90. The van der Waals surface area contributed by atoms with Crippen molar-refractivity contribution < 1.29 is 24.2 Å². The van der Waals surface area contributed by atoms with Crippen LogP contribution in [0.15, 0.2) is 0 Å². The molecule has 0 radical (unpaired) electrons. The first-order valence-corrected chi connectivity index (χ1v) is 2.62. The zero-order valence-electron chi connectivity index (χ0n) is 5.44. The third kappa shape index (κ3) is 3.71. The molecule has 0 aliphatic carbocycles. The Labute approximate surface area is 57.5 Å². The summed E-state index contributed by atoms with van der Waals surface area (Å²) in [5, 5.41) is 6.89. The highest BCUT2D eigenvalue weighted by Gasteiger charge is 2.19. The first kappa shape index (κ1) is 8.74. The molecule has 10 heavy (non-hydrogen) atoms. The molecular formula is C5H8O5. The molecule has 1 unspecified atom stereocenters. The number of ether oxygens (including phenoxy) is 2. The summed E-state index contributed by atoms with van der Waals surface area (Å²) >= 11 is 0. The van der Waals surface area contributed by atoms with Gasteiger partial charge in [0, 0.05) is 0 Å². The van der Waals surface area contributed by atoms with Crippen molar-refractivity contribution in [3.63, 3.8) is 0 Å². The van der Waals surface area contributed by atoms with Gasteiger partial charge in [0.25, 0.3) is 6.47 Å². The van der Waals surface area contributed by atoms with E-state index in [2.05, 4.69) is 9.47 Å². The van der Waals surface area contributed by atoms with Crippen LogP contribution >= 0.6 is 0 Å². The van der Waals surface area contributed by atoms with Gasteiger partial charge < -0.3 is 14.6 Å². The van der Waals surface area contributed by atoms with E-state index in [0.29, 0.717) is 6.61 Å². The fourth-order valence-electron chi connectivity index (χ4n) is 0.418. The van der Waals surface area contributed by atoms with Crippen LogP contribution in [0.2, 0.25) is 0 Å². The Balaban J connectivity index is 0.000000236. The SMILES string of the molecule is CC1COC(=O)O1.O=CO. The van der Waals surface area contributed by atoms with Crippen LogP contribution in [0, 0.1) is 0 Å². The van der Waals surface area contributed by atoms with E-state index >= 15 is 0 Å². The Hall–Kier alpha value is -1.26. The van der Waals surface area contributed by atoms with Gasteiger partial charge in [-0.05, 0) is 6.92 Å². The maximum absolute atomic E-state index is 10.0. The number of cyclic esters (lactones) is 2. The van der Waals surface area contributed by atoms with Crippen LogP contribution in [-0.2, 0) is 14.3 Å². The Morgan fingerprint density at radius 2 is 2.30 bits per heavy atom. The predicted octanol–water partition coefficient (Wildman–Crippen LogP) is 0.242. The number of carbonyl (C=O) groups is 2. The van der Waals surface area contributed by atoms with Gasteiger partial charge in [0.05, 0.1) is 0 Å². The number of carboxylic acid groups (broad SMARTS) is 1. The topological polar surface area (TPSA) is 72.8 Å². The Bertz CT molecular complexity index is 121. The van der Waals surface area contributed by atoms with E-state index in [0.717, 1.165) is 0 Å². The molecule has 5 nitrogen and oxygen atoms in total. The van der Waals surface area contributed by atoms with Gasteiger partial charge in [-0.1, -0.05) is 0 Å². The minimum absolute atomic E-state index is 0.0486. The summed E-state index contributed by atoms with van der Waals surface area (Å²) in [4.78, 5) is 18.4. The van der Waals surface area contributed by atoms with E-state index in [4.69, 9.17) is 9.90 Å². The Morgan fingerprint density at radius 1 is 1.80 bits per heavy atom. The first-order chi connectivity index (χ1) is 4.70. The fraction of sp³-hybridized carbons (Fsp3) is 0.600. The van der Waals surface area contributed by atoms with E-state index in [1.54, 1.807) is 6.92 Å². The molecule has 1 heterocycles. The third-order valence-electron chi connectivity index (χ3n) is 0.733. The smallest absolute Gasteiger partial charge is 0.483 e. The van der Waals surface area contributed by atoms with Crippen LogP contribution in [-0.4, -0.2) is 30.4 Å². The van der Waals surface area contributed by atoms with Gasteiger partial charge in [-0.15, -0.1) is 0 Å². The highest BCUT2D eigenvalue weighted by Crippen LogP contribution is 2.02. The quantitative estimate of drug-likeness (QED) is 0.393. The van der Waals surface area contributed by atoms with Crippen LogP contribution in [0.4, 0.5) is 4.79 Å². The monoisotopic (exact) mass is 148 g/mol. The summed E-state index contributed by atoms with van der Waals surface area (Å²) in [5.74, 6) is 0. The Morgan fingerprint density at radius 3 is 2.40 bits per heavy atom. The van der Waals surface area contributed by atoms with Crippen LogP contribution in [0.5, 0.6) is 0 Å². The van der Waals surface area contributed by atoms with Crippen molar-refractivity contribution in [3.8, 4) is 0 Å². The zero-order valence-corrected chi connectivity index (χ0v) is 5.44. The number of hydrogen-bond acceptors (Lipinski definition) is 4. The average Bonchev–Trinajstić information content (AvgIpc) is 2.17. The molecule has 58 valence electrons. The molecule has 1 saturated heterocycles. The van der Waals surface area contributed by atoms with Gasteiger partial charge in [-0.25, -0.2) is 4.79 Å². The average molecular weight is 148 g/mol. The molecule has 1 N–H and O–H groups in total. The molecule has 1 atom stereocenters. The maximum Gasteiger partial charge on any atom is 0.508 e. The van der Waals surface area contributed by atoms with Crippen molar-refractivity contribution in [2.75, 3.05) is 6.61 Å². The summed E-state index contributed by atoms with van der Waals surface area (Å²) in [5.41, 5.74) is 0. The van der Waals surface area contributed by atoms with Gasteiger partial charge in [-0.2, -0.15) is 0 Å². The van der Waals surface area contributed by atoms with Gasteiger partial charge in [0.15, 0.2) is 0 Å². The molecule has 5 heteroatoms. The van der Waals surface area contributed by atoms with Gasteiger partial charge in [0.1, 0.15) is 12.7 Å². The lowest BCUT2D eigenvalue weighted by atomic mass is 10.5. The second-order valence-corrected chi connectivity index (χ2v) is 1.59. The molecular weight excluding hydrogens is 140 g/mol. The summed E-state index contributed by atoms with van der Waals surface area (Å²) < 4.78 is 8.90. The van der Waals surface area contributed by atoms with E-state index in [1.165, 1.54) is 0 Å². The molecule has 0 aromatic rings. The summed E-state index contributed by atoms with van der Waals surface area (Å²) in [6, 6.07) is 0. The van der Waals surface area contributed by atoms with Crippen molar-refractivity contribution in [2.45, 2.75) is 13.0 Å². The van der Waals surface area contributed by atoms with Crippen LogP contribution in [0.25, 0.3) is 0 Å². The molecule has 1 fully saturated rings. The predicted molar refractivity (Wildman–Crippen MR) is 30.6 cm³/mol. The molecule has 0 bridgehead atoms. The zero-order chi connectivity index (χ0) is 7.98. The van der Waals surface area contributed by atoms with Gasteiger partial charge in [0.2, 0.25) is 0 Å². The van der Waals surface area contributed by atoms with Crippen molar-refractivity contribution in [2.24, 2.45) is 0 Å². The summed E-state index contributed by atoms with van der Waals surface area (Å²) in [6.07, 6.45) is -0.597. The van der Waals surface area contributed by atoms with Crippen LogP contribution < -0.4 is 0 Å². The van der Waals surface area contributed by atoms with Crippen molar-refractivity contribution >= 4 is 12.6 Å². The number of rotatable bonds is 0. The second kappa shape index (κ2) is 4.60. The molecule has 0 aromatic heterocycles. The summed E-state index contributed by atoms with van der Waals surface area (Å²) in [6.45, 7) is 1.93. The first-order valence-electron chi connectivity index (χ1n) is 2.62. The highest BCUT2D eigenvalue weighted by molar-refractivity contribution is 5.61. The Kier molecular flexibility index (Phi) is 4.02. The molecule has 1 aliphatic heterocycles. The lowest BCUT2D eigenvalue weighted by molar-refractivity contribution is -0.122. The maximum atomic E-state index is 10.0.